The van der Waals surface area contributed by atoms with Gasteiger partial charge >= 0.3 is 7.60 Å². The van der Waals surface area contributed by atoms with E-state index in [2.05, 4.69) is 0 Å². The minimum absolute atomic E-state index is 0.439. The highest BCUT2D eigenvalue weighted by atomic mass is 32.2. The Labute approximate surface area is 85.6 Å². The van der Waals surface area contributed by atoms with Crippen LogP contribution >= 0.6 is 7.60 Å². The summed E-state index contributed by atoms with van der Waals surface area (Å²) in [5, 5.41) is 0. The van der Waals surface area contributed by atoms with Crippen LogP contribution in [0.4, 0.5) is 4.39 Å². The Morgan fingerprint density at radius 3 is 2.40 bits per heavy atom. The molecular formula is C7H8FO5PS. The molecule has 84 valence electrons. The average Bonchev–Trinajstić information content (AvgIpc) is 1.99. The molecule has 0 aromatic heterocycles. The lowest BCUT2D eigenvalue weighted by Gasteiger charge is -2.05. The van der Waals surface area contributed by atoms with E-state index in [1.54, 1.807) is 0 Å². The molecule has 0 saturated carbocycles. The molecule has 0 unspecified atom stereocenters. The van der Waals surface area contributed by atoms with E-state index in [0.717, 1.165) is 18.2 Å². The van der Waals surface area contributed by atoms with Crippen LogP contribution in [-0.4, -0.2) is 23.7 Å². The molecule has 0 fully saturated rings. The van der Waals surface area contributed by atoms with Gasteiger partial charge in [0.25, 0.3) is 0 Å². The first kappa shape index (κ1) is 12.3. The van der Waals surface area contributed by atoms with Crippen molar-refractivity contribution in [3.8, 4) is 0 Å². The molecule has 2 N–H and O–H groups in total. The number of hydrogen-bond donors (Lipinski definition) is 2. The summed E-state index contributed by atoms with van der Waals surface area (Å²) in [6, 6.07) is 3.98. The Morgan fingerprint density at radius 2 is 1.93 bits per heavy atom. The fraction of sp³-hybridized carbons (Fsp3) is 0.143. The molecule has 8 heteroatoms. The van der Waals surface area contributed by atoms with Gasteiger partial charge < -0.3 is 9.79 Å². The third-order valence-electron chi connectivity index (χ3n) is 1.49. The molecule has 0 aliphatic carbocycles. The van der Waals surface area contributed by atoms with Crippen molar-refractivity contribution in [2.24, 2.45) is 0 Å². The van der Waals surface area contributed by atoms with Crippen molar-refractivity contribution >= 4 is 17.4 Å². The molecule has 0 spiro atoms. The largest absolute Gasteiger partial charge is 0.340 e. The lowest BCUT2D eigenvalue weighted by Crippen LogP contribution is -2.07. The first-order valence-electron chi connectivity index (χ1n) is 3.74. The summed E-state index contributed by atoms with van der Waals surface area (Å²) in [7, 11) is -8.82. The van der Waals surface area contributed by atoms with Gasteiger partial charge in [-0.2, -0.15) is 0 Å². The third-order valence-corrected chi connectivity index (χ3v) is 5.17. The standard InChI is InChI=1S/C7H8FO5PS/c8-6-2-1-3-7(4-6)15(12,13)5-14(9,10)11/h1-4H,5H2,(H2,9,10,11). The van der Waals surface area contributed by atoms with Crippen LogP contribution in [0.1, 0.15) is 0 Å². The molecule has 1 aromatic rings. The van der Waals surface area contributed by atoms with Gasteiger partial charge in [-0.1, -0.05) is 6.07 Å². The fourth-order valence-corrected chi connectivity index (χ4v) is 3.90. The summed E-state index contributed by atoms with van der Waals surface area (Å²) in [4.78, 5) is 16.6. The summed E-state index contributed by atoms with van der Waals surface area (Å²) in [6.07, 6.45) is 0. The van der Waals surface area contributed by atoms with Crippen molar-refractivity contribution in [1.82, 2.24) is 0 Å². The summed E-state index contributed by atoms with van der Waals surface area (Å²) in [6.45, 7) is 0. The molecule has 0 amide bonds. The molecule has 15 heavy (non-hydrogen) atoms. The number of hydrogen-bond acceptors (Lipinski definition) is 3. The summed E-state index contributed by atoms with van der Waals surface area (Å²) >= 11 is 0. The Kier molecular flexibility index (Phi) is 3.30. The minimum Gasteiger partial charge on any atom is -0.324 e. The molecule has 1 rings (SSSR count). The van der Waals surface area contributed by atoms with E-state index < -0.39 is 33.6 Å². The summed E-state index contributed by atoms with van der Waals surface area (Å²) < 4.78 is 45.9. The highest BCUT2D eigenvalue weighted by molar-refractivity contribution is 7.97. The second-order valence-electron chi connectivity index (χ2n) is 2.87. The molecule has 5 nitrogen and oxygen atoms in total. The number of rotatable bonds is 3. The maximum Gasteiger partial charge on any atom is 0.340 e. The molecule has 0 atom stereocenters. The van der Waals surface area contributed by atoms with E-state index in [0.29, 0.717) is 6.07 Å². The van der Waals surface area contributed by atoms with Crippen molar-refractivity contribution in [3.63, 3.8) is 0 Å². The lowest BCUT2D eigenvalue weighted by atomic mass is 10.4. The summed E-state index contributed by atoms with van der Waals surface area (Å²) in [5.41, 5.74) is -1.32. The Balaban J connectivity index is 3.13. The van der Waals surface area contributed by atoms with Gasteiger partial charge in [0.1, 0.15) is 5.82 Å². The van der Waals surface area contributed by atoms with Crippen molar-refractivity contribution in [2.75, 3.05) is 5.49 Å². The van der Waals surface area contributed by atoms with Crippen LogP contribution in [0, 0.1) is 5.82 Å². The monoisotopic (exact) mass is 254 g/mol. The van der Waals surface area contributed by atoms with Crippen LogP contribution in [0.2, 0.25) is 0 Å². The van der Waals surface area contributed by atoms with Crippen LogP contribution in [0.5, 0.6) is 0 Å². The maximum absolute atomic E-state index is 12.7. The van der Waals surface area contributed by atoms with E-state index in [1.807, 2.05) is 0 Å². The van der Waals surface area contributed by atoms with Gasteiger partial charge in [-0.05, 0) is 18.2 Å². The normalized spacial score (nSPS) is 12.7. The lowest BCUT2D eigenvalue weighted by molar-refractivity contribution is 0.378. The van der Waals surface area contributed by atoms with E-state index >= 15 is 0 Å². The first-order valence-corrected chi connectivity index (χ1v) is 7.19. The topological polar surface area (TPSA) is 91.7 Å². The number of sulfone groups is 1. The second-order valence-corrected chi connectivity index (χ2v) is 6.93. The van der Waals surface area contributed by atoms with Crippen LogP contribution in [0.15, 0.2) is 29.2 Å². The first-order chi connectivity index (χ1) is 6.71. The van der Waals surface area contributed by atoms with Gasteiger partial charge in [0, 0.05) is 0 Å². The zero-order valence-corrected chi connectivity index (χ0v) is 9.08. The van der Waals surface area contributed by atoms with Crippen molar-refractivity contribution in [1.29, 1.82) is 0 Å². The molecule has 0 heterocycles. The number of halogens is 1. The van der Waals surface area contributed by atoms with Gasteiger partial charge in [0.15, 0.2) is 15.3 Å². The zero-order valence-electron chi connectivity index (χ0n) is 7.37. The predicted octanol–water partition coefficient (Wildman–Crippen LogP) is 0.735. The molecule has 0 radical (unpaired) electrons. The van der Waals surface area contributed by atoms with Crippen molar-refractivity contribution in [3.05, 3.63) is 30.1 Å². The predicted molar refractivity (Wildman–Crippen MR) is 50.5 cm³/mol. The SMILES string of the molecule is O=P(O)(O)CS(=O)(=O)c1cccc(F)c1. The van der Waals surface area contributed by atoms with Crippen LogP contribution < -0.4 is 0 Å². The highest BCUT2D eigenvalue weighted by Gasteiger charge is 2.26. The van der Waals surface area contributed by atoms with Crippen molar-refractivity contribution in [2.45, 2.75) is 4.90 Å². The second kappa shape index (κ2) is 4.02. The van der Waals surface area contributed by atoms with E-state index in [-0.39, 0.29) is 0 Å². The quantitative estimate of drug-likeness (QED) is 0.776. The molecular weight excluding hydrogens is 246 g/mol. The fourth-order valence-electron chi connectivity index (χ4n) is 0.956. The molecule has 0 aliphatic heterocycles. The minimum atomic E-state index is -4.68. The molecule has 0 aliphatic rings. The van der Waals surface area contributed by atoms with Gasteiger partial charge in [-0.25, -0.2) is 12.8 Å². The van der Waals surface area contributed by atoms with Gasteiger partial charge in [-0.15, -0.1) is 0 Å². The smallest absolute Gasteiger partial charge is 0.324 e. The van der Waals surface area contributed by atoms with E-state index in [9.17, 15) is 17.4 Å². The summed E-state index contributed by atoms with van der Waals surface area (Å²) in [5.74, 6) is -0.776. The van der Waals surface area contributed by atoms with Crippen LogP contribution in [-0.2, 0) is 14.4 Å². The van der Waals surface area contributed by atoms with Crippen LogP contribution in [0.3, 0.4) is 0 Å². The Bertz CT molecular complexity index is 506. The maximum atomic E-state index is 12.7. The Morgan fingerprint density at radius 1 is 1.33 bits per heavy atom. The van der Waals surface area contributed by atoms with Gasteiger partial charge in [-0.3, -0.25) is 4.57 Å². The van der Waals surface area contributed by atoms with Crippen LogP contribution in [0.25, 0.3) is 0 Å². The number of benzene rings is 1. The van der Waals surface area contributed by atoms with E-state index in [1.165, 1.54) is 0 Å². The van der Waals surface area contributed by atoms with Gasteiger partial charge in [0.05, 0.1) is 4.90 Å². The molecule has 1 aromatic carbocycles. The zero-order chi connectivity index (χ0) is 11.7. The van der Waals surface area contributed by atoms with Gasteiger partial charge in [0.2, 0.25) is 0 Å². The van der Waals surface area contributed by atoms with Crippen molar-refractivity contribution < 1.29 is 27.2 Å². The third kappa shape index (κ3) is 3.71. The average molecular weight is 254 g/mol. The highest BCUT2D eigenvalue weighted by Crippen LogP contribution is 2.37. The molecule has 0 bridgehead atoms. The van der Waals surface area contributed by atoms with E-state index in [4.69, 9.17) is 9.79 Å². The Hall–Kier alpha value is -0.750. The molecule has 0 saturated heterocycles.